The van der Waals surface area contributed by atoms with E-state index < -0.39 is 0 Å². The monoisotopic (exact) mass is 371 g/mol. The van der Waals surface area contributed by atoms with Crippen LogP contribution in [0.1, 0.15) is 50.4 Å². The van der Waals surface area contributed by atoms with E-state index in [1.54, 1.807) is 6.07 Å². The van der Waals surface area contributed by atoms with Crippen LogP contribution in [0.2, 0.25) is 0 Å². The van der Waals surface area contributed by atoms with Crippen LogP contribution in [0.25, 0.3) is 0 Å². The van der Waals surface area contributed by atoms with E-state index in [0.717, 1.165) is 43.3 Å². The maximum atomic E-state index is 11.9. The fourth-order valence-electron chi connectivity index (χ4n) is 3.47. The quantitative estimate of drug-likeness (QED) is 0.814. The third kappa shape index (κ3) is 4.47. The standard InChI is InChI=1S/C20H29N5O2/c1-4-18(27)21-19(14(2)3)20-23-22-17-9-10-24(11-12-25(17)20)13-15-7-5-6-8-16(15)26/h5-8,14,19,26H,4,9-13H2,1-3H3,(H,21,27). The molecule has 1 atom stereocenters. The second kappa shape index (κ2) is 8.52. The number of carbonyl (C=O) groups is 1. The van der Waals surface area contributed by atoms with Crippen LogP contribution in [0, 0.1) is 5.92 Å². The van der Waals surface area contributed by atoms with Crippen LogP contribution in [-0.4, -0.2) is 43.8 Å². The average molecular weight is 371 g/mol. The van der Waals surface area contributed by atoms with Gasteiger partial charge in [0.05, 0.1) is 6.04 Å². The van der Waals surface area contributed by atoms with Gasteiger partial charge >= 0.3 is 0 Å². The first kappa shape index (κ1) is 19.4. The summed E-state index contributed by atoms with van der Waals surface area (Å²) in [6.07, 6.45) is 1.26. The van der Waals surface area contributed by atoms with Crippen LogP contribution in [0.3, 0.4) is 0 Å². The minimum absolute atomic E-state index is 0.0286. The Kier molecular flexibility index (Phi) is 6.11. The fourth-order valence-corrected chi connectivity index (χ4v) is 3.47. The summed E-state index contributed by atoms with van der Waals surface area (Å²) in [6, 6.07) is 7.34. The molecule has 0 saturated heterocycles. The van der Waals surface area contributed by atoms with Gasteiger partial charge in [-0.15, -0.1) is 10.2 Å². The molecule has 7 heteroatoms. The first-order valence-corrected chi connectivity index (χ1v) is 9.70. The van der Waals surface area contributed by atoms with Gasteiger partial charge in [0, 0.05) is 44.6 Å². The molecule has 7 nitrogen and oxygen atoms in total. The van der Waals surface area contributed by atoms with Crippen molar-refractivity contribution in [1.82, 2.24) is 25.0 Å². The molecule has 2 aromatic rings. The molecule has 1 aliphatic heterocycles. The van der Waals surface area contributed by atoms with E-state index in [1.807, 2.05) is 25.1 Å². The number of rotatable bonds is 6. The van der Waals surface area contributed by atoms with E-state index in [0.29, 0.717) is 18.7 Å². The number of fused-ring (bicyclic) bond motifs is 1. The average Bonchev–Trinajstić information content (AvgIpc) is 2.94. The summed E-state index contributed by atoms with van der Waals surface area (Å²) in [5.41, 5.74) is 0.936. The van der Waals surface area contributed by atoms with Crippen molar-refractivity contribution in [3.63, 3.8) is 0 Å². The number of amides is 1. The smallest absolute Gasteiger partial charge is 0.220 e. The number of phenols is 1. The van der Waals surface area contributed by atoms with Crippen molar-refractivity contribution in [2.24, 2.45) is 5.92 Å². The lowest BCUT2D eigenvalue weighted by molar-refractivity contribution is -0.121. The summed E-state index contributed by atoms with van der Waals surface area (Å²) < 4.78 is 2.16. The lowest BCUT2D eigenvalue weighted by Gasteiger charge is -2.23. The van der Waals surface area contributed by atoms with Gasteiger partial charge in [0.15, 0.2) is 5.82 Å². The first-order valence-electron chi connectivity index (χ1n) is 9.70. The normalized spacial score (nSPS) is 16.0. The SMILES string of the molecule is CCC(=O)NC(c1nnc2n1CCN(Cc1ccccc1O)CC2)C(C)C. The number of aromatic hydroxyl groups is 1. The zero-order chi connectivity index (χ0) is 19.4. The van der Waals surface area contributed by atoms with Gasteiger partial charge in [0.2, 0.25) is 5.91 Å². The Bertz CT molecular complexity index is 786. The fraction of sp³-hybridized carbons (Fsp3) is 0.550. The molecule has 1 unspecified atom stereocenters. The lowest BCUT2D eigenvalue weighted by Crippen LogP contribution is -2.34. The molecule has 1 aromatic carbocycles. The van der Waals surface area contributed by atoms with Crippen molar-refractivity contribution in [2.45, 2.75) is 52.7 Å². The molecular weight excluding hydrogens is 342 g/mol. The second-order valence-electron chi connectivity index (χ2n) is 7.42. The molecule has 27 heavy (non-hydrogen) atoms. The van der Waals surface area contributed by atoms with Crippen LogP contribution in [-0.2, 0) is 24.3 Å². The maximum absolute atomic E-state index is 11.9. The van der Waals surface area contributed by atoms with Crippen molar-refractivity contribution in [2.75, 3.05) is 13.1 Å². The summed E-state index contributed by atoms with van der Waals surface area (Å²) in [5, 5.41) is 21.9. The molecule has 3 rings (SSSR count). The molecule has 0 aliphatic carbocycles. The van der Waals surface area contributed by atoms with Crippen molar-refractivity contribution in [3.8, 4) is 5.75 Å². The van der Waals surface area contributed by atoms with E-state index in [-0.39, 0.29) is 17.9 Å². The van der Waals surface area contributed by atoms with Crippen molar-refractivity contribution in [1.29, 1.82) is 0 Å². The molecule has 0 radical (unpaired) electrons. The molecule has 0 spiro atoms. The highest BCUT2D eigenvalue weighted by Gasteiger charge is 2.27. The van der Waals surface area contributed by atoms with Crippen molar-refractivity contribution in [3.05, 3.63) is 41.5 Å². The van der Waals surface area contributed by atoms with Gasteiger partial charge < -0.3 is 15.0 Å². The van der Waals surface area contributed by atoms with Gasteiger partial charge in [-0.05, 0) is 12.0 Å². The zero-order valence-corrected chi connectivity index (χ0v) is 16.4. The topological polar surface area (TPSA) is 83.3 Å². The molecule has 1 aromatic heterocycles. The molecule has 0 bridgehead atoms. The van der Waals surface area contributed by atoms with Gasteiger partial charge in [-0.25, -0.2) is 0 Å². The van der Waals surface area contributed by atoms with E-state index >= 15 is 0 Å². The third-order valence-corrected chi connectivity index (χ3v) is 5.12. The highest BCUT2D eigenvalue weighted by Crippen LogP contribution is 2.24. The van der Waals surface area contributed by atoms with Crippen LogP contribution in [0.4, 0.5) is 0 Å². The number of aromatic nitrogens is 3. The van der Waals surface area contributed by atoms with Gasteiger partial charge in [-0.1, -0.05) is 39.0 Å². The molecule has 1 aliphatic rings. The molecule has 1 amide bonds. The number of hydrogen-bond donors (Lipinski definition) is 2. The van der Waals surface area contributed by atoms with Crippen LogP contribution < -0.4 is 5.32 Å². The largest absolute Gasteiger partial charge is 0.508 e. The van der Waals surface area contributed by atoms with Gasteiger partial charge in [-0.2, -0.15) is 0 Å². The van der Waals surface area contributed by atoms with E-state index in [4.69, 9.17) is 0 Å². The molecule has 2 N–H and O–H groups in total. The number of benzene rings is 1. The minimum atomic E-state index is -0.136. The third-order valence-electron chi connectivity index (χ3n) is 5.12. The highest BCUT2D eigenvalue weighted by molar-refractivity contribution is 5.75. The maximum Gasteiger partial charge on any atom is 0.220 e. The Labute approximate surface area is 160 Å². The molecular formula is C20H29N5O2. The Morgan fingerprint density at radius 1 is 1.22 bits per heavy atom. The number of phenolic OH excluding ortho intramolecular Hbond substituents is 1. The predicted molar refractivity (Wildman–Crippen MR) is 103 cm³/mol. The number of carbonyl (C=O) groups excluding carboxylic acids is 1. The Morgan fingerprint density at radius 2 is 2.00 bits per heavy atom. The summed E-state index contributed by atoms with van der Waals surface area (Å²) in [5.74, 6) is 2.40. The van der Waals surface area contributed by atoms with E-state index in [2.05, 4.69) is 38.8 Å². The Morgan fingerprint density at radius 3 is 2.70 bits per heavy atom. The van der Waals surface area contributed by atoms with Gasteiger partial charge in [-0.3, -0.25) is 9.69 Å². The Balaban J connectivity index is 1.74. The van der Waals surface area contributed by atoms with Crippen LogP contribution in [0.5, 0.6) is 5.75 Å². The molecule has 0 saturated carbocycles. The van der Waals surface area contributed by atoms with Crippen LogP contribution in [0.15, 0.2) is 24.3 Å². The summed E-state index contributed by atoms with van der Waals surface area (Å²) >= 11 is 0. The number of nitrogens with one attached hydrogen (secondary N) is 1. The molecule has 0 fully saturated rings. The lowest BCUT2D eigenvalue weighted by atomic mass is 10.0. The Hall–Kier alpha value is -2.41. The zero-order valence-electron chi connectivity index (χ0n) is 16.4. The molecule has 2 heterocycles. The summed E-state index contributed by atoms with van der Waals surface area (Å²) in [4.78, 5) is 14.3. The second-order valence-corrected chi connectivity index (χ2v) is 7.42. The van der Waals surface area contributed by atoms with E-state index in [1.165, 1.54) is 0 Å². The van der Waals surface area contributed by atoms with E-state index in [9.17, 15) is 9.90 Å². The van der Waals surface area contributed by atoms with Gasteiger partial charge in [0.25, 0.3) is 0 Å². The van der Waals surface area contributed by atoms with Crippen molar-refractivity contribution < 1.29 is 9.90 Å². The number of para-hydroxylation sites is 1. The van der Waals surface area contributed by atoms with Crippen molar-refractivity contribution >= 4 is 5.91 Å². The molecule has 146 valence electrons. The predicted octanol–water partition coefficient (Wildman–Crippen LogP) is 2.27. The van der Waals surface area contributed by atoms with Gasteiger partial charge in [0.1, 0.15) is 11.6 Å². The van der Waals surface area contributed by atoms with Crippen LogP contribution >= 0.6 is 0 Å². The summed E-state index contributed by atoms with van der Waals surface area (Å²) in [6.45, 7) is 9.22. The minimum Gasteiger partial charge on any atom is -0.508 e. The highest BCUT2D eigenvalue weighted by atomic mass is 16.3. The number of hydrogen-bond acceptors (Lipinski definition) is 5. The summed E-state index contributed by atoms with van der Waals surface area (Å²) in [7, 11) is 0. The first-order chi connectivity index (χ1) is 13.0. The number of nitrogens with zero attached hydrogens (tertiary/aromatic N) is 4.